The fourth-order valence-corrected chi connectivity index (χ4v) is 13.3. The van der Waals surface area contributed by atoms with E-state index in [4.69, 9.17) is 18.6 Å². The minimum Gasteiger partial charge on any atom is -0.464 e. The van der Waals surface area contributed by atoms with E-state index >= 15 is 0 Å². The molecule has 0 saturated heterocycles. The van der Waals surface area contributed by atoms with E-state index in [-0.39, 0.29) is 11.9 Å². The van der Waals surface area contributed by atoms with Gasteiger partial charge in [-0.2, -0.15) is 0 Å². The fourth-order valence-electron chi connectivity index (χ4n) is 6.56. The Balaban J connectivity index is 1.79. The minimum atomic E-state index is -3.63. The van der Waals surface area contributed by atoms with E-state index in [9.17, 15) is 8.42 Å². The van der Waals surface area contributed by atoms with Gasteiger partial charge in [0, 0.05) is 51.1 Å². The topological polar surface area (TPSA) is 109 Å². The van der Waals surface area contributed by atoms with Gasteiger partial charge in [-0.3, -0.25) is 0 Å². The van der Waals surface area contributed by atoms with Crippen LogP contribution < -0.4 is 0 Å². The number of fused-ring (bicyclic) bond motifs is 1. The van der Waals surface area contributed by atoms with Gasteiger partial charge in [0.2, 0.25) is 15.0 Å². The van der Waals surface area contributed by atoms with Crippen LogP contribution in [0.5, 0.6) is 0 Å². The van der Waals surface area contributed by atoms with Crippen molar-refractivity contribution < 1.29 is 22.0 Å². The molecule has 4 aromatic rings. The first kappa shape index (κ1) is 36.2. The summed E-state index contributed by atoms with van der Waals surface area (Å²) in [4.78, 5) is 13.8. The fraction of sp³-hybridized carbons (Fsp3) is 0.559. The van der Waals surface area contributed by atoms with E-state index in [1.807, 2.05) is 24.3 Å². The van der Waals surface area contributed by atoms with Gasteiger partial charge in [0.25, 0.3) is 0 Å². The number of sulfone groups is 1. The summed E-state index contributed by atoms with van der Waals surface area (Å²) >= 11 is 0. The normalized spacial score (nSPS) is 13.2. The van der Waals surface area contributed by atoms with Crippen molar-refractivity contribution in [3.63, 3.8) is 0 Å². The van der Waals surface area contributed by atoms with E-state index in [2.05, 4.69) is 75.7 Å². The van der Waals surface area contributed by atoms with Crippen LogP contribution in [-0.2, 0) is 32.2 Å². The van der Waals surface area contributed by atoms with Gasteiger partial charge in [0.05, 0.1) is 23.3 Å². The lowest BCUT2D eigenvalue weighted by Gasteiger charge is -2.42. The number of nitrogens with zero attached hydrogens (tertiary/aromatic N) is 4. The standard InChI is InChI=1S/C34H52N4O5SSi2/c1-24(2)46(25(3)4,26(5)6)43-18-11-12-31-37-32(28-14-13-27-16-19-42-30(27)22-28)33(38(31)23-41-20-21-45(8,9)10)29-15-17-35-34(36-29)44(7,39)40/h13-17,19,22,24-26H,11-12,18,20-21,23H2,1-10H3. The second-order valence-electron chi connectivity index (χ2n) is 14.4. The number of aromatic nitrogens is 4. The molecular weight excluding hydrogens is 633 g/mol. The predicted octanol–water partition coefficient (Wildman–Crippen LogP) is 8.59. The summed E-state index contributed by atoms with van der Waals surface area (Å²) in [5.74, 6) is 0.839. The summed E-state index contributed by atoms with van der Waals surface area (Å²) in [5.41, 5.74) is 4.97. The molecule has 0 unspecified atom stereocenters. The molecule has 9 nitrogen and oxygen atoms in total. The van der Waals surface area contributed by atoms with Crippen molar-refractivity contribution >= 4 is 37.2 Å². The van der Waals surface area contributed by atoms with E-state index in [0.717, 1.165) is 41.1 Å². The van der Waals surface area contributed by atoms with Crippen LogP contribution in [0.1, 0.15) is 53.8 Å². The summed E-state index contributed by atoms with van der Waals surface area (Å²) in [6, 6.07) is 10.7. The van der Waals surface area contributed by atoms with E-state index in [1.165, 1.54) is 6.20 Å². The van der Waals surface area contributed by atoms with Gasteiger partial charge < -0.3 is 18.1 Å². The highest BCUT2D eigenvalue weighted by molar-refractivity contribution is 7.90. The van der Waals surface area contributed by atoms with Crippen LogP contribution in [-0.4, -0.2) is 63.8 Å². The van der Waals surface area contributed by atoms with Gasteiger partial charge in [0.1, 0.15) is 18.1 Å². The molecule has 0 N–H and O–H groups in total. The van der Waals surface area contributed by atoms with Crippen LogP contribution in [0.2, 0.25) is 42.3 Å². The Morgan fingerprint density at radius 2 is 1.63 bits per heavy atom. The first-order valence-corrected chi connectivity index (χ1v) is 24.1. The molecule has 0 bridgehead atoms. The molecule has 0 atom stereocenters. The molecule has 0 fully saturated rings. The highest BCUT2D eigenvalue weighted by Crippen LogP contribution is 2.42. The molecule has 0 aliphatic carbocycles. The van der Waals surface area contributed by atoms with Crippen LogP contribution >= 0.6 is 0 Å². The van der Waals surface area contributed by atoms with Crippen molar-refractivity contribution in [1.82, 2.24) is 19.5 Å². The van der Waals surface area contributed by atoms with Crippen molar-refractivity contribution in [3.8, 4) is 22.6 Å². The molecule has 1 aromatic carbocycles. The van der Waals surface area contributed by atoms with Gasteiger partial charge >= 0.3 is 0 Å². The van der Waals surface area contributed by atoms with Gasteiger partial charge in [-0.1, -0.05) is 73.3 Å². The number of ether oxygens (including phenoxy) is 1. The predicted molar refractivity (Wildman–Crippen MR) is 191 cm³/mol. The van der Waals surface area contributed by atoms with Crippen LogP contribution in [0, 0.1) is 0 Å². The highest BCUT2D eigenvalue weighted by Gasteiger charge is 2.44. The molecule has 0 aliphatic rings. The zero-order valence-corrected chi connectivity index (χ0v) is 32.1. The van der Waals surface area contributed by atoms with Crippen molar-refractivity contribution in [2.24, 2.45) is 0 Å². The van der Waals surface area contributed by atoms with Crippen molar-refractivity contribution in [1.29, 1.82) is 0 Å². The highest BCUT2D eigenvalue weighted by atomic mass is 32.2. The molecule has 3 heterocycles. The average molecular weight is 685 g/mol. The monoisotopic (exact) mass is 684 g/mol. The Bertz CT molecular complexity index is 1700. The molecule has 0 spiro atoms. The average Bonchev–Trinajstić information content (AvgIpc) is 3.58. The van der Waals surface area contributed by atoms with Crippen LogP contribution in [0.15, 0.2) is 52.4 Å². The number of benzene rings is 1. The first-order chi connectivity index (χ1) is 21.5. The number of aryl methyl sites for hydroxylation is 1. The molecule has 46 heavy (non-hydrogen) atoms. The second kappa shape index (κ2) is 14.6. The van der Waals surface area contributed by atoms with Crippen molar-refractivity contribution in [2.45, 2.75) is 109 Å². The largest absolute Gasteiger partial charge is 0.464 e. The third-order valence-corrected chi connectivity index (χ3v) is 17.5. The zero-order valence-electron chi connectivity index (χ0n) is 29.3. The minimum absolute atomic E-state index is 0.225. The first-order valence-electron chi connectivity index (χ1n) is 16.4. The van der Waals surface area contributed by atoms with Crippen LogP contribution in [0.25, 0.3) is 33.6 Å². The Labute approximate surface area is 277 Å². The Hall–Kier alpha value is -2.65. The summed E-state index contributed by atoms with van der Waals surface area (Å²) in [6.07, 6.45) is 5.73. The lowest BCUT2D eigenvalue weighted by Crippen LogP contribution is -2.48. The van der Waals surface area contributed by atoms with Gasteiger partial charge in [-0.25, -0.2) is 23.4 Å². The van der Waals surface area contributed by atoms with Gasteiger partial charge in [0.15, 0.2) is 8.32 Å². The van der Waals surface area contributed by atoms with E-state index in [1.54, 1.807) is 12.3 Å². The molecule has 0 saturated carbocycles. The Morgan fingerprint density at radius 3 is 2.26 bits per heavy atom. The molecule has 252 valence electrons. The Morgan fingerprint density at radius 1 is 0.935 bits per heavy atom. The van der Waals surface area contributed by atoms with Crippen LogP contribution in [0.4, 0.5) is 0 Å². The number of rotatable bonds is 16. The summed E-state index contributed by atoms with van der Waals surface area (Å²) < 4.78 is 46.0. The number of hydrogen-bond acceptors (Lipinski definition) is 8. The SMILES string of the molecule is CC(C)[Si](OCCCc1nc(-c2ccc3ccoc3c2)c(-c2ccnc(S(C)(=O)=O)n2)n1COCC[Si](C)(C)C)(C(C)C)C(C)C. The number of imidazole rings is 1. The Kier molecular flexibility index (Phi) is 11.5. The number of hydrogen-bond donors (Lipinski definition) is 0. The summed E-state index contributed by atoms with van der Waals surface area (Å²) in [6.45, 7) is 22.4. The maximum atomic E-state index is 12.5. The summed E-state index contributed by atoms with van der Waals surface area (Å²) in [5, 5.41) is 0.767. The molecule has 4 rings (SSSR count). The molecule has 0 radical (unpaired) electrons. The third-order valence-electron chi connectivity index (χ3n) is 8.80. The zero-order chi connectivity index (χ0) is 33.9. The lowest BCUT2D eigenvalue weighted by molar-refractivity contribution is 0.0859. The van der Waals surface area contributed by atoms with Crippen LogP contribution in [0.3, 0.4) is 0 Å². The van der Waals surface area contributed by atoms with E-state index < -0.39 is 26.2 Å². The van der Waals surface area contributed by atoms with Crippen molar-refractivity contribution in [2.75, 3.05) is 19.5 Å². The maximum absolute atomic E-state index is 12.5. The smallest absolute Gasteiger partial charge is 0.247 e. The third kappa shape index (κ3) is 8.25. The second-order valence-corrected chi connectivity index (χ2v) is 27.4. The van der Waals surface area contributed by atoms with Gasteiger partial charge in [-0.05, 0) is 47.3 Å². The molecule has 0 amide bonds. The number of furan rings is 1. The van der Waals surface area contributed by atoms with Crippen molar-refractivity contribution in [3.05, 3.63) is 48.6 Å². The molecule has 0 aliphatic heterocycles. The van der Waals surface area contributed by atoms with E-state index in [0.29, 0.717) is 53.3 Å². The van der Waals surface area contributed by atoms with Gasteiger partial charge in [-0.15, -0.1) is 0 Å². The maximum Gasteiger partial charge on any atom is 0.247 e. The molecular formula is C34H52N4O5SSi2. The lowest BCUT2D eigenvalue weighted by atomic mass is 10.1. The molecule has 3 aromatic heterocycles. The summed E-state index contributed by atoms with van der Waals surface area (Å²) in [7, 11) is -6.96. The molecule has 12 heteroatoms. The quantitative estimate of drug-likeness (QED) is 0.0656.